The predicted molar refractivity (Wildman–Crippen MR) is 115 cm³/mol. The van der Waals surface area contributed by atoms with Gasteiger partial charge in [-0.15, -0.1) is 0 Å². The SMILES string of the molecule is O=C(Nc1ccc2c(c1)CCCN2S(=O)(=O)c1ccc(F)cc1)c1ccc(Cl)cc1. The van der Waals surface area contributed by atoms with Gasteiger partial charge in [-0.3, -0.25) is 9.10 Å². The lowest BCUT2D eigenvalue weighted by atomic mass is 10.0. The Morgan fingerprint density at radius 2 is 1.70 bits per heavy atom. The Morgan fingerprint density at radius 3 is 2.40 bits per heavy atom. The van der Waals surface area contributed by atoms with Gasteiger partial charge in [0.25, 0.3) is 15.9 Å². The van der Waals surface area contributed by atoms with Gasteiger partial charge in [0.1, 0.15) is 5.82 Å². The number of aryl methyl sites for hydroxylation is 1. The fourth-order valence-electron chi connectivity index (χ4n) is 3.43. The largest absolute Gasteiger partial charge is 0.322 e. The third-order valence-electron chi connectivity index (χ3n) is 4.92. The summed E-state index contributed by atoms with van der Waals surface area (Å²) >= 11 is 5.85. The van der Waals surface area contributed by atoms with Gasteiger partial charge >= 0.3 is 0 Å². The van der Waals surface area contributed by atoms with Gasteiger partial charge in [0.15, 0.2) is 0 Å². The Balaban J connectivity index is 1.60. The number of halogens is 2. The van der Waals surface area contributed by atoms with Crippen LogP contribution in [0.3, 0.4) is 0 Å². The smallest absolute Gasteiger partial charge is 0.264 e. The summed E-state index contributed by atoms with van der Waals surface area (Å²) in [5.74, 6) is -0.771. The molecule has 0 saturated carbocycles. The molecule has 3 aromatic rings. The van der Waals surface area contributed by atoms with Crippen molar-refractivity contribution in [3.05, 3.63) is 88.7 Å². The van der Waals surface area contributed by atoms with Gasteiger partial charge in [0, 0.05) is 22.8 Å². The average molecular weight is 445 g/mol. The molecule has 1 N–H and O–H groups in total. The molecule has 4 rings (SSSR count). The van der Waals surface area contributed by atoms with Crippen LogP contribution in [0.2, 0.25) is 5.02 Å². The molecule has 1 heterocycles. The Labute approximate surface area is 179 Å². The summed E-state index contributed by atoms with van der Waals surface area (Å²) in [5.41, 5.74) is 2.43. The van der Waals surface area contributed by atoms with E-state index in [4.69, 9.17) is 11.6 Å². The van der Waals surface area contributed by atoms with Gasteiger partial charge in [-0.2, -0.15) is 0 Å². The van der Waals surface area contributed by atoms with Gasteiger partial charge in [-0.05, 0) is 85.1 Å². The first kappa shape index (κ1) is 20.4. The van der Waals surface area contributed by atoms with Crippen molar-refractivity contribution in [3.8, 4) is 0 Å². The molecule has 5 nitrogen and oxygen atoms in total. The summed E-state index contributed by atoms with van der Waals surface area (Å²) in [6, 6.07) is 16.5. The van der Waals surface area contributed by atoms with Gasteiger partial charge in [0.05, 0.1) is 10.6 Å². The molecule has 1 amide bonds. The lowest BCUT2D eigenvalue weighted by Crippen LogP contribution is -2.35. The number of amides is 1. The first-order valence-electron chi connectivity index (χ1n) is 9.33. The van der Waals surface area contributed by atoms with E-state index in [1.807, 2.05) is 0 Å². The molecular formula is C22H18ClFN2O3S. The average Bonchev–Trinajstić information content (AvgIpc) is 2.74. The number of anilines is 2. The van der Waals surface area contributed by atoms with Crippen LogP contribution in [0.4, 0.5) is 15.8 Å². The van der Waals surface area contributed by atoms with Crippen molar-refractivity contribution in [2.45, 2.75) is 17.7 Å². The number of carbonyl (C=O) groups is 1. The third kappa shape index (κ3) is 4.04. The first-order chi connectivity index (χ1) is 14.3. The zero-order valence-electron chi connectivity index (χ0n) is 15.8. The number of sulfonamides is 1. The zero-order chi connectivity index (χ0) is 21.3. The molecule has 0 saturated heterocycles. The van der Waals surface area contributed by atoms with Crippen LogP contribution in [0.5, 0.6) is 0 Å². The fourth-order valence-corrected chi connectivity index (χ4v) is 5.10. The molecule has 154 valence electrons. The maximum Gasteiger partial charge on any atom is 0.264 e. The summed E-state index contributed by atoms with van der Waals surface area (Å²) in [4.78, 5) is 12.5. The number of carbonyl (C=O) groups excluding carboxylic acids is 1. The van der Waals surface area contributed by atoms with Crippen LogP contribution in [0.1, 0.15) is 22.3 Å². The summed E-state index contributed by atoms with van der Waals surface area (Å²) in [6.07, 6.45) is 1.33. The Hall–Kier alpha value is -2.90. The van der Waals surface area contributed by atoms with Gasteiger partial charge in [-0.25, -0.2) is 12.8 Å². The molecule has 0 radical (unpaired) electrons. The van der Waals surface area contributed by atoms with Crippen molar-refractivity contribution < 1.29 is 17.6 Å². The van der Waals surface area contributed by atoms with E-state index >= 15 is 0 Å². The molecule has 0 unspecified atom stereocenters. The van der Waals surface area contributed by atoms with Crippen LogP contribution >= 0.6 is 11.6 Å². The summed E-state index contributed by atoms with van der Waals surface area (Å²) in [7, 11) is -3.81. The first-order valence-corrected chi connectivity index (χ1v) is 11.1. The van der Waals surface area contributed by atoms with E-state index in [1.165, 1.54) is 16.4 Å². The molecule has 3 aromatic carbocycles. The highest BCUT2D eigenvalue weighted by atomic mass is 35.5. The van der Waals surface area contributed by atoms with E-state index < -0.39 is 15.8 Å². The fraction of sp³-hybridized carbons (Fsp3) is 0.136. The molecule has 1 aliphatic rings. The van der Waals surface area contributed by atoms with E-state index in [0.29, 0.717) is 41.3 Å². The number of hydrogen-bond donors (Lipinski definition) is 1. The molecule has 0 aliphatic carbocycles. The Morgan fingerprint density at radius 1 is 1.00 bits per heavy atom. The summed E-state index contributed by atoms with van der Waals surface area (Å²) in [5, 5.41) is 3.37. The van der Waals surface area contributed by atoms with E-state index in [9.17, 15) is 17.6 Å². The number of benzene rings is 3. The predicted octanol–water partition coefficient (Wildman–Crippen LogP) is 4.87. The molecule has 0 spiro atoms. The molecule has 1 aliphatic heterocycles. The monoisotopic (exact) mass is 444 g/mol. The number of nitrogens with zero attached hydrogens (tertiary/aromatic N) is 1. The lowest BCUT2D eigenvalue weighted by molar-refractivity contribution is 0.102. The van der Waals surface area contributed by atoms with Gasteiger partial charge in [-0.1, -0.05) is 11.6 Å². The standard InChI is InChI=1S/C22H18ClFN2O3S/c23-17-5-3-15(4-6-17)22(27)25-19-9-12-21-16(14-19)2-1-13-26(21)30(28,29)20-10-7-18(24)8-11-20/h3-12,14H,1-2,13H2,(H,25,27). The topological polar surface area (TPSA) is 66.5 Å². The van der Waals surface area contributed by atoms with Crippen LogP contribution < -0.4 is 9.62 Å². The second kappa shape index (κ2) is 8.08. The van der Waals surface area contributed by atoms with Crippen LogP contribution in [-0.2, 0) is 16.4 Å². The summed E-state index contributed by atoms with van der Waals surface area (Å²) < 4.78 is 40.7. The van der Waals surface area contributed by atoms with E-state index in [1.54, 1.807) is 42.5 Å². The minimum Gasteiger partial charge on any atom is -0.322 e. The van der Waals surface area contributed by atoms with Crippen molar-refractivity contribution in [2.75, 3.05) is 16.2 Å². The highest BCUT2D eigenvalue weighted by Gasteiger charge is 2.29. The Kier molecular flexibility index (Phi) is 5.49. The molecule has 30 heavy (non-hydrogen) atoms. The van der Waals surface area contributed by atoms with Crippen LogP contribution in [0.25, 0.3) is 0 Å². The third-order valence-corrected chi connectivity index (χ3v) is 7.00. The van der Waals surface area contributed by atoms with Crippen molar-refractivity contribution in [1.29, 1.82) is 0 Å². The molecular weight excluding hydrogens is 427 g/mol. The van der Waals surface area contributed by atoms with Crippen LogP contribution in [0, 0.1) is 5.82 Å². The zero-order valence-corrected chi connectivity index (χ0v) is 17.4. The van der Waals surface area contributed by atoms with E-state index in [2.05, 4.69) is 5.32 Å². The van der Waals surface area contributed by atoms with E-state index in [0.717, 1.165) is 17.7 Å². The second-order valence-electron chi connectivity index (χ2n) is 6.94. The molecule has 0 fully saturated rings. The number of fused-ring (bicyclic) bond motifs is 1. The van der Waals surface area contributed by atoms with Crippen molar-refractivity contribution >= 4 is 38.9 Å². The van der Waals surface area contributed by atoms with Crippen molar-refractivity contribution in [3.63, 3.8) is 0 Å². The number of rotatable bonds is 4. The van der Waals surface area contributed by atoms with Crippen molar-refractivity contribution in [2.24, 2.45) is 0 Å². The van der Waals surface area contributed by atoms with Crippen LogP contribution in [0.15, 0.2) is 71.6 Å². The molecule has 0 bridgehead atoms. The highest BCUT2D eigenvalue weighted by molar-refractivity contribution is 7.92. The maximum absolute atomic E-state index is 13.2. The summed E-state index contributed by atoms with van der Waals surface area (Å²) in [6.45, 7) is 0.336. The quantitative estimate of drug-likeness (QED) is 0.624. The van der Waals surface area contributed by atoms with Gasteiger partial charge in [0.2, 0.25) is 0 Å². The normalized spacial score (nSPS) is 13.6. The number of hydrogen-bond acceptors (Lipinski definition) is 3. The molecule has 0 aromatic heterocycles. The van der Waals surface area contributed by atoms with Crippen molar-refractivity contribution in [1.82, 2.24) is 0 Å². The Bertz CT molecular complexity index is 1200. The minimum atomic E-state index is -3.81. The van der Waals surface area contributed by atoms with E-state index in [-0.39, 0.29) is 10.8 Å². The minimum absolute atomic E-state index is 0.0388. The highest BCUT2D eigenvalue weighted by Crippen LogP contribution is 2.34. The van der Waals surface area contributed by atoms with Crippen LogP contribution in [-0.4, -0.2) is 20.9 Å². The lowest BCUT2D eigenvalue weighted by Gasteiger charge is -2.31. The molecule has 0 atom stereocenters. The number of nitrogens with one attached hydrogen (secondary N) is 1. The van der Waals surface area contributed by atoms with Gasteiger partial charge < -0.3 is 5.32 Å². The molecule has 8 heteroatoms. The second-order valence-corrected chi connectivity index (χ2v) is 9.24. The maximum atomic E-state index is 13.2.